The normalized spacial score (nSPS) is 13.2. The first-order valence-corrected chi connectivity index (χ1v) is 7.44. The second-order valence-corrected chi connectivity index (χ2v) is 8.81. The van der Waals surface area contributed by atoms with E-state index in [0.29, 0.717) is 5.67 Å². The summed E-state index contributed by atoms with van der Waals surface area (Å²) in [5.41, 5.74) is 6.28. The highest BCUT2D eigenvalue weighted by Crippen LogP contribution is 2.06. The summed E-state index contributed by atoms with van der Waals surface area (Å²) < 4.78 is 0. The van der Waals surface area contributed by atoms with Crippen LogP contribution in [-0.2, 0) is 0 Å². The van der Waals surface area contributed by atoms with Crippen LogP contribution in [0.2, 0.25) is 13.1 Å². The van der Waals surface area contributed by atoms with E-state index >= 15 is 0 Å². The van der Waals surface area contributed by atoms with Crippen LogP contribution in [0.3, 0.4) is 0 Å². The molecule has 1 rings (SSSR count). The van der Waals surface area contributed by atoms with Crippen molar-refractivity contribution in [2.75, 3.05) is 0 Å². The molecule has 1 nitrogen and oxygen atoms in total. The minimum atomic E-state index is -1.38. The van der Waals surface area contributed by atoms with Crippen molar-refractivity contribution < 1.29 is 0 Å². The summed E-state index contributed by atoms with van der Waals surface area (Å²) in [6.07, 6.45) is 0. The van der Waals surface area contributed by atoms with Gasteiger partial charge < -0.3 is 5.73 Å². The summed E-state index contributed by atoms with van der Waals surface area (Å²) in [7, 11) is -1.38. The highest BCUT2D eigenvalue weighted by molar-refractivity contribution is 6.90. The Morgan fingerprint density at radius 3 is 2.00 bits per heavy atom. The molecule has 0 bridgehead atoms. The molecule has 0 aromatic heterocycles. The van der Waals surface area contributed by atoms with Crippen molar-refractivity contribution >= 4 is 25.7 Å². The minimum Gasteiger partial charge on any atom is -0.330 e. The van der Waals surface area contributed by atoms with Crippen molar-refractivity contribution in [2.24, 2.45) is 5.73 Å². The number of nitrogens with two attached hydrogens (primary N) is 1. The predicted octanol–water partition coefficient (Wildman–Crippen LogP) is 1.91. The van der Waals surface area contributed by atoms with Gasteiger partial charge in [0.25, 0.3) is 0 Å². The molecule has 3 heteroatoms. The summed E-state index contributed by atoms with van der Waals surface area (Å²) in [6.45, 7) is 6.74. The first kappa shape index (κ1) is 12.7. The average Bonchev–Trinajstić information content (AvgIpc) is 2.06. The Morgan fingerprint density at radius 1 is 1.15 bits per heavy atom. The molecule has 1 atom stereocenters. The van der Waals surface area contributed by atoms with E-state index in [4.69, 9.17) is 5.73 Å². The first-order chi connectivity index (χ1) is 5.55. The lowest BCUT2D eigenvalue weighted by Crippen LogP contribution is -2.55. The second-order valence-electron chi connectivity index (χ2n) is 3.88. The highest BCUT2D eigenvalue weighted by Gasteiger charge is 2.27. The van der Waals surface area contributed by atoms with Crippen molar-refractivity contribution in [1.82, 2.24) is 0 Å². The van der Waals surface area contributed by atoms with Crippen LogP contribution in [0.15, 0.2) is 30.3 Å². The van der Waals surface area contributed by atoms with Crippen molar-refractivity contribution in [1.29, 1.82) is 0 Å². The van der Waals surface area contributed by atoms with E-state index < -0.39 is 8.07 Å². The largest absolute Gasteiger partial charge is 0.330 e. The van der Waals surface area contributed by atoms with Crippen LogP contribution in [-0.4, -0.2) is 13.7 Å². The van der Waals surface area contributed by atoms with Gasteiger partial charge in [-0.05, 0) is 5.67 Å². The Kier molecular flexibility index (Phi) is 4.68. The van der Waals surface area contributed by atoms with Crippen molar-refractivity contribution in [3.63, 3.8) is 0 Å². The van der Waals surface area contributed by atoms with Crippen LogP contribution in [0.1, 0.15) is 6.92 Å². The fourth-order valence-electron chi connectivity index (χ4n) is 1.13. The second kappa shape index (κ2) is 4.79. The molecular weight excluding hydrogens is 198 g/mol. The molecule has 0 saturated carbocycles. The average molecular weight is 216 g/mol. The molecule has 2 N–H and O–H groups in total. The zero-order valence-corrected chi connectivity index (χ0v) is 10.3. The Hall–Kier alpha value is -0.313. The van der Waals surface area contributed by atoms with Crippen molar-refractivity contribution in [2.45, 2.75) is 25.7 Å². The topological polar surface area (TPSA) is 26.0 Å². The molecule has 1 aromatic carbocycles. The lowest BCUT2D eigenvalue weighted by molar-refractivity contribution is 0.981. The predicted molar refractivity (Wildman–Crippen MR) is 64.5 cm³/mol. The number of benzene rings is 1. The van der Waals surface area contributed by atoms with Gasteiger partial charge in [-0.2, -0.15) is 0 Å². The summed E-state index contributed by atoms with van der Waals surface area (Å²) in [5, 5.41) is 1.44. The van der Waals surface area contributed by atoms with Crippen LogP contribution < -0.4 is 10.9 Å². The van der Waals surface area contributed by atoms with Gasteiger partial charge in [0.05, 0.1) is 8.07 Å². The van der Waals surface area contributed by atoms with E-state index in [1.807, 2.05) is 0 Å². The summed E-state index contributed by atoms with van der Waals surface area (Å²) in [5.74, 6) is 0. The van der Waals surface area contributed by atoms with Gasteiger partial charge in [0.1, 0.15) is 0 Å². The highest BCUT2D eigenvalue weighted by atomic mass is 35.5. The SMILES string of the molecule is CC(N)[Si](C)(C)c1ccccc1.Cl. The van der Waals surface area contributed by atoms with Crippen LogP contribution in [0.25, 0.3) is 0 Å². The summed E-state index contributed by atoms with van der Waals surface area (Å²) in [6, 6.07) is 10.6. The van der Waals surface area contributed by atoms with E-state index in [1.165, 1.54) is 5.19 Å². The minimum absolute atomic E-state index is 0. The third kappa shape index (κ3) is 2.83. The van der Waals surface area contributed by atoms with Crippen LogP contribution >= 0.6 is 12.4 Å². The molecule has 0 saturated heterocycles. The zero-order valence-electron chi connectivity index (χ0n) is 8.45. The molecule has 0 aliphatic rings. The molecule has 1 unspecified atom stereocenters. The van der Waals surface area contributed by atoms with Gasteiger partial charge in [-0.1, -0.05) is 55.5 Å². The fourth-order valence-corrected chi connectivity index (χ4v) is 2.71. The third-order valence-electron chi connectivity index (χ3n) is 2.66. The molecule has 0 radical (unpaired) electrons. The lowest BCUT2D eigenvalue weighted by atomic mass is 10.4. The maximum atomic E-state index is 5.96. The van der Waals surface area contributed by atoms with Crippen LogP contribution in [0.4, 0.5) is 0 Å². The molecule has 1 aromatic rings. The third-order valence-corrected chi connectivity index (χ3v) is 6.75. The quantitative estimate of drug-likeness (QED) is 0.750. The molecule has 0 aliphatic carbocycles. The first-order valence-electron chi connectivity index (χ1n) is 4.36. The molecule has 13 heavy (non-hydrogen) atoms. The molecule has 0 fully saturated rings. The fraction of sp³-hybridized carbons (Fsp3) is 0.400. The van der Waals surface area contributed by atoms with E-state index in [9.17, 15) is 0 Å². The number of hydrogen-bond acceptors (Lipinski definition) is 1. The van der Waals surface area contributed by atoms with Gasteiger partial charge in [-0.25, -0.2) is 0 Å². The molecule has 0 amide bonds. The summed E-state index contributed by atoms with van der Waals surface area (Å²) >= 11 is 0. The maximum Gasteiger partial charge on any atom is 0.0977 e. The molecule has 0 heterocycles. The Balaban J connectivity index is 0.00000144. The maximum absolute atomic E-state index is 5.96. The monoisotopic (exact) mass is 215 g/mol. The van der Waals surface area contributed by atoms with Gasteiger partial charge in [0.15, 0.2) is 0 Å². The van der Waals surface area contributed by atoms with Crippen molar-refractivity contribution in [3.8, 4) is 0 Å². The van der Waals surface area contributed by atoms with Gasteiger partial charge in [-0.3, -0.25) is 0 Å². The zero-order chi connectivity index (χ0) is 9.19. The van der Waals surface area contributed by atoms with Crippen LogP contribution in [0, 0.1) is 0 Å². The summed E-state index contributed by atoms with van der Waals surface area (Å²) in [4.78, 5) is 0. The molecule has 74 valence electrons. The molecular formula is C10H18ClNSi. The smallest absolute Gasteiger partial charge is 0.0977 e. The Labute approximate surface area is 87.8 Å². The van der Waals surface area contributed by atoms with Gasteiger partial charge in [-0.15, -0.1) is 12.4 Å². The van der Waals surface area contributed by atoms with Crippen LogP contribution in [0.5, 0.6) is 0 Å². The Bertz CT molecular complexity index is 246. The number of halogens is 1. The van der Waals surface area contributed by atoms with E-state index in [2.05, 4.69) is 50.3 Å². The van der Waals surface area contributed by atoms with E-state index in [1.54, 1.807) is 0 Å². The Morgan fingerprint density at radius 2 is 1.62 bits per heavy atom. The van der Waals surface area contributed by atoms with Gasteiger partial charge >= 0.3 is 0 Å². The van der Waals surface area contributed by atoms with E-state index in [0.717, 1.165) is 0 Å². The number of hydrogen-bond donors (Lipinski definition) is 1. The van der Waals surface area contributed by atoms with Crippen molar-refractivity contribution in [3.05, 3.63) is 30.3 Å². The molecule has 0 spiro atoms. The number of rotatable bonds is 2. The van der Waals surface area contributed by atoms with E-state index in [-0.39, 0.29) is 12.4 Å². The lowest BCUT2D eigenvalue weighted by Gasteiger charge is -2.26. The standard InChI is InChI=1S/C10H17NSi.ClH/c1-9(11)12(2,3)10-7-5-4-6-8-10;/h4-9H,11H2,1-3H3;1H. The van der Waals surface area contributed by atoms with Gasteiger partial charge in [0, 0.05) is 0 Å². The van der Waals surface area contributed by atoms with Gasteiger partial charge in [0.2, 0.25) is 0 Å². The molecule has 0 aliphatic heterocycles.